The van der Waals surface area contributed by atoms with E-state index in [1.165, 1.54) is 0 Å². The molecule has 0 aliphatic heterocycles. The van der Waals surface area contributed by atoms with Gasteiger partial charge in [-0.15, -0.1) is 0 Å². The standard InChI is InChI=1S/C50H31N7/c1-2-15-32(16-3-1)40-31-46(55-41-24-8-4-17-33(41)34-18-5-9-25-42(34)55)54-48(53-40)39-21-12-28-45(56-43-26-10-6-19-35(43)37-22-13-29-51-49(37)56)47(39)57-44-27-11-7-20-36(44)38-23-14-30-52-50(38)57/h1-31H/i1D,2D,3D,4D,5D,8D,9D,15D,16D,17D,18D,24D,25D,31D. The molecular formula is C50H31N7. The first kappa shape index (κ1) is 20.7. The third kappa shape index (κ3) is 4.66. The third-order valence-corrected chi connectivity index (χ3v) is 10.2. The molecule has 0 amide bonds. The highest BCUT2D eigenvalue weighted by Gasteiger charge is 2.25. The summed E-state index contributed by atoms with van der Waals surface area (Å²) in [6.45, 7) is 0. The number of nitrogens with zero attached hydrogens (tertiary/aromatic N) is 7. The van der Waals surface area contributed by atoms with E-state index in [2.05, 4.69) is 0 Å². The first-order chi connectivity index (χ1) is 34.1. The normalized spacial score (nSPS) is 15.3. The number of rotatable bonds is 5. The lowest BCUT2D eigenvalue weighted by molar-refractivity contribution is 1.03. The van der Waals surface area contributed by atoms with Crippen LogP contribution in [0.3, 0.4) is 0 Å². The Kier molecular flexibility index (Phi) is 4.47. The molecule has 0 aliphatic rings. The lowest BCUT2D eigenvalue weighted by Gasteiger charge is -2.20. The number of hydrogen-bond acceptors (Lipinski definition) is 4. The second-order valence-corrected chi connectivity index (χ2v) is 13.3. The quantitative estimate of drug-likeness (QED) is 0.176. The van der Waals surface area contributed by atoms with Gasteiger partial charge in [-0.3, -0.25) is 13.7 Å². The van der Waals surface area contributed by atoms with E-state index in [-0.39, 0.29) is 33.2 Å². The van der Waals surface area contributed by atoms with Crippen molar-refractivity contribution in [1.82, 2.24) is 33.6 Å². The summed E-state index contributed by atoms with van der Waals surface area (Å²) in [5, 5.41) is 2.82. The van der Waals surface area contributed by atoms with Gasteiger partial charge < -0.3 is 0 Å². The van der Waals surface area contributed by atoms with E-state index in [1.807, 2.05) is 88.0 Å². The molecule has 0 atom stereocenters. The highest BCUT2D eigenvalue weighted by molar-refractivity contribution is 6.11. The van der Waals surface area contributed by atoms with Crippen molar-refractivity contribution in [3.63, 3.8) is 0 Å². The van der Waals surface area contributed by atoms with Crippen LogP contribution in [0.25, 0.3) is 106 Å². The van der Waals surface area contributed by atoms with E-state index >= 15 is 0 Å². The molecule has 0 saturated heterocycles. The minimum Gasteiger partial charge on any atom is -0.294 e. The summed E-state index contributed by atoms with van der Waals surface area (Å²) >= 11 is 0. The van der Waals surface area contributed by atoms with Crippen LogP contribution in [0, 0.1) is 0 Å². The smallest absolute Gasteiger partial charge is 0.164 e. The van der Waals surface area contributed by atoms with E-state index in [9.17, 15) is 4.11 Å². The van der Waals surface area contributed by atoms with Gasteiger partial charge in [-0.1, -0.05) is 109 Å². The zero-order valence-corrected chi connectivity index (χ0v) is 29.4. The van der Waals surface area contributed by atoms with Gasteiger partial charge in [-0.25, -0.2) is 19.9 Å². The Labute approximate surface area is 346 Å². The Hall–Kier alpha value is -7.90. The molecule has 0 spiro atoms. The molecule has 0 saturated carbocycles. The van der Waals surface area contributed by atoms with Gasteiger partial charge in [-0.2, -0.15) is 0 Å². The van der Waals surface area contributed by atoms with Crippen molar-refractivity contribution in [3.05, 3.63) is 188 Å². The van der Waals surface area contributed by atoms with E-state index in [1.54, 1.807) is 24.5 Å². The molecule has 266 valence electrons. The zero-order valence-electron chi connectivity index (χ0n) is 43.4. The molecule has 0 fully saturated rings. The van der Waals surface area contributed by atoms with Crippen LogP contribution in [0.2, 0.25) is 0 Å². The molecule has 12 rings (SSSR count). The van der Waals surface area contributed by atoms with Gasteiger partial charge in [0.2, 0.25) is 0 Å². The number of pyridine rings is 2. The SMILES string of the molecule is [2H]c1c(-c2c([2H])c([2H])c([2H])c([2H])c2[2H])nc(-c2cccc(-n3c4ccccc4c4cccnc43)c2-n2c3ccccc3c3cccnc32)nc1-n1c2c([2H])c([2H])c([2H])c([2H])c2c2c([2H])c([2H])c([2H])c([2H])c21. The summed E-state index contributed by atoms with van der Waals surface area (Å²) < 4.78 is 131. The van der Waals surface area contributed by atoms with Crippen LogP contribution in [-0.2, 0) is 0 Å². The van der Waals surface area contributed by atoms with Crippen molar-refractivity contribution in [2.45, 2.75) is 0 Å². The van der Waals surface area contributed by atoms with Crippen molar-refractivity contribution in [2.24, 2.45) is 0 Å². The second kappa shape index (κ2) is 12.3. The predicted octanol–water partition coefficient (Wildman–Crippen LogP) is 11.9. The monoisotopic (exact) mass is 743 g/mol. The number of hydrogen-bond donors (Lipinski definition) is 0. The van der Waals surface area contributed by atoms with E-state index in [0.717, 1.165) is 31.6 Å². The third-order valence-electron chi connectivity index (χ3n) is 10.2. The van der Waals surface area contributed by atoms with Crippen LogP contribution in [-0.4, -0.2) is 33.6 Å². The van der Waals surface area contributed by atoms with Gasteiger partial charge in [0.15, 0.2) is 5.82 Å². The fourth-order valence-electron chi connectivity index (χ4n) is 7.93. The Balaban J connectivity index is 1.33. The van der Waals surface area contributed by atoms with Gasteiger partial charge in [0.1, 0.15) is 17.1 Å². The lowest BCUT2D eigenvalue weighted by Crippen LogP contribution is -2.09. The first-order valence-electron chi connectivity index (χ1n) is 24.9. The molecule has 0 aliphatic carbocycles. The lowest BCUT2D eigenvalue weighted by atomic mass is 10.1. The molecule has 0 unspecified atom stereocenters. The molecule has 6 heterocycles. The Bertz CT molecular complexity index is 4160. The van der Waals surface area contributed by atoms with Crippen molar-refractivity contribution in [1.29, 1.82) is 0 Å². The summed E-state index contributed by atoms with van der Waals surface area (Å²) in [5.41, 5.74) is 2.17. The maximum atomic E-state index is 9.95. The van der Waals surface area contributed by atoms with Crippen LogP contribution in [0.5, 0.6) is 0 Å². The Morgan fingerprint density at radius 2 is 1.02 bits per heavy atom. The summed E-state index contributed by atoms with van der Waals surface area (Å²) in [6, 6.07) is 18.9. The summed E-state index contributed by atoms with van der Waals surface area (Å²) in [5.74, 6) is -0.691. The maximum Gasteiger partial charge on any atom is 0.164 e. The molecule has 0 bridgehead atoms. The average Bonchev–Trinajstić information content (AvgIpc) is 4.04. The Morgan fingerprint density at radius 3 is 1.70 bits per heavy atom. The highest BCUT2D eigenvalue weighted by atomic mass is 15.1. The van der Waals surface area contributed by atoms with E-state index in [4.69, 9.17) is 35.0 Å². The van der Waals surface area contributed by atoms with E-state index in [0.29, 0.717) is 28.2 Å². The molecule has 7 nitrogen and oxygen atoms in total. The highest BCUT2D eigenvalue weighted by Crippen LogP contribution is 2.41. The van der Waals surface area contributed by atoms with Crippen molar-refractivity contribution in [2.75, 3.05) is 0 Å². The van der Waals surface area contributed by atoms with E-state index < -0.39 is 102 Å². The minimum absolute atomic E-state index is 0.207. The van der Waals surface area contributed by atoms with Crippen molar-refractivity contribution >= 4 is 65.7 Å². The molecule has 0 N–H and O–H groups in total. The number of fused-ring (bicyclic) bond motifs is 9. The Morgan fingerprint density at radius 1 is 0.439 bits per heavy atom. The molecule has 6 aromatic carbocycles. The minimum atomic E-state index is -0.722. The van der Waals surface area contributed by atoms with Crippen LogP contribution in [0.1, 0.15) is 19.2 Å². The fourth-order valence-corrected chi connectivity index (χ4v) is 7.93. The number of aromatic nitrogens is 7. The molecule has 0 radical (unpaired) electrons. The molecule has 7 heteroatoms. The molecular weight excluding hydrogens is 699 g/mol. The summed E-state index contributed by atoms with van der Waals surface area (Å²) in [4.78, 5) is 19.8. The maximum absolute atomic E-state index is 9.95. The fraction of sp³-hybridized carbons (Fsp3) is 0. The van der Waals surface area contributed by atoms with Crippen molar-refractivity contribution < 1.29 is 19.2 Å². The van der Waals surface area contributed by atoms with Crippen LogP contribution in [0.4, 0.5) is 0 Å². The van der Waals surface area contributed by atoms with Crippen LogP contribution >= 0.6 is 0 Å². The van der Waals surface area contributed by atoms with Crippen molar-refractivity contribution in [3.8, 4) is 39.8 Å². The molecule has 6 aromatic heterocycles. The van der Waals surface area contributed by atoms with Crippen LogP contribution in [0.15, 0.2) is 188 Å². The largest absolute Gasteiger partial charge is 0.294 e. The van der Waals surface area contributed by atoms with Gasteiger partial charge in [0, 0.05) is 61.9 Å². The van der Waals surface area contributed by atoms with Crippen LogP contribution < -0.4 is 0 Å². The first-order valence-corrected chi connectivity index (χ1v) is 17.9. The second-order valence-electron chi connectivity index (χ2n) is 13.3. The van der Waals surface area contributed by atoms with Gasteiger partial charge in [0.25, 0.3) is 0 Å². The van der Waals surface area contributed by atoms with Gasteiger partial charge >= 0.3 is 0 Å². The topological polar surface area (TPSA) is 66.3 Å². The summed E-state index contributed by atoms with van der Waals surface area (Å²) in [7, 11) is 0. The average molecular weight is 744 g/mol. The van der Waals surface area contributed by atoms with Gasteiger partial charge in [-0.05, 0) is 60.6 Å². The zero-order chi connectivity index (χ0) is 49.6. The summed E-state index contributed by atoms with van der Waals surface area (Å²) in [6.07, 6.45) is 3.35. The predicted molar refractivity (Wildman–Crippen MR) is 232 cm³/mol. The molecule has 57 heavy (non-hydrogen) atoms. The number of benzene rings is 6. The molecule has 12 aromatic rings. The number of para-hydroxylation sites is 5. The van der Waals surface area contributed by atoms with Gasteiger partial charge in [0.05, 0.1) is 58.3 Å².